The molecule has 2 aromatic rings. The summed E-state index contributed by atoms with van der Waals surface area (Å²) in [4.78, 5) is 12.1. The van der Waals surface area contributed by atoms with Crippen molar-refractivity contribution in [2.75, 3.05) is 18.2 Å². The van der Waals surface area contributed by atoms with Crippen molar-refractivity contribution in [1.29, 1.82) is 0 Å². The van der Waals surface area contributed by atoms with Gasteiger partial charge in [0.25, 0.3) is 5.91 Å². The molecule has 122 valence electrons. The number of ether oxygens (including phenoxy) is 1. The highest BCUT2D eigenvalue weighted by atomic mass is 35.5. The van der Waals surface area contributed by atoms with E-state index in [0.29, 0.717) is 16.5 Å². The van der Waals surface area contributed by atoms with E-state index in [9.17, 15) is 13.2 Å². The largest absolute Gasteiger partial charge is 0.483 e. The summed E-state index contributed by atoms with van der Waals surface area (Å²) >= 11 is 5.85. The third kappa shape index (κ3) is 4.97. The van der Waals surface area contributed by atoms with Crippen LogP contribution in [0.1, 0.15) is 5.56 Å². The van der Waals surface area contributed by atoms with Crippen molar-refractivity contribution in [2.45, 2.75) is 11.8 Å². The number of rotatable bonds is 5. The van der Waals surface area contributed by atoms with Gasteiger partial charge >= 0.3 is 0 Å². The average molecular weight is 354 g/mol. The number of halogens is 1. The number of hydrogen-bond acceptors (Lipinski definition) is 4. The van der Waals surface area contributed by atoms with E-state index in [2.05, 4.69) is 5.32 Å². The predicted molar refractivity (Wildman–Crippen MR) is 89.9 cm³/mol. The number of nitrogens with one attached hydrogen (secondary N) is 1. The van der Waals surface area contributed by atoms with E-state index in [1.54, 1.807) is 30.3 Å². The van der Waals surface area contributed by atoms with E-state index in [-0.39, 0.29) is 17.4 Å². The molecule has 2 aromatic carbocycles. The van der Waals surface area contributed by atoms with Gasteiger partial charge in [-0.15, -0.1) is 0 Å². The van der Waals surface area contributed by atoms with Crippen LogP contribution in [0.4, 0.5) is 5.69 Å². The number of sulfone groups is 1. The molecule has 1 N–H and O–H groups in total. The van der Waals surface area contributed by atoms with E-state index in [1.807, 2.05) is 6.92 Å². The second-order valence-electron chi connectivity index (χ2n) is 5.05. The molecule has 5 nitrogen and oxygen atoms in total. The Hall–Kier alpha value is -2.05. The maximum Gasteiger partial charge on any atom is 0.262 e. The summed E-state index contributed by atoms with van der Waals surface area (Å²) in [6.07, 6.45) is 1.11. The van der Waals surface area contributed by atoms with Crippen LogP contribution in [0.5, 0.6) is 5.75 Å². The van der Waals surface area contributed by atoms with Crippen LogP contribution in [0, 0.1) is 6.92 Å². The zero-order chi connectivity index (χ0) is 17.0. The van der Waals surface area contributed by atoms with Gasteiger partial charge < -0.3 is 10.1 Å². The third-order valence-electron chi connectivity index (χ3n) is 3.04. The monoisotopic (exact) mass is 353 g/mol. The average Bonchev–Trinajstić information content (AvgIpc) is 2.45. The first kappa shape index (κ1) is 17.3. The highest BCUT2D eigenvalue weighted by Crippen LogP contribution is 2.22. The Balaban J connectivity index is 2.00. The van der Waals surface area contributed by atoms with E-state index in [1.165, 1.54) is 12.1 Å². The highest BCUT2D eigenvalue weighted by molar-refractivity contribution is 7.90. The van der Waals surface area contributed by atoms with Gasteiger partial charge in [0.1, 0.15) is 5.75 Å². The first-order chi connectivity index (χ1) is 10.8. The molecule has 0 unspecified atom stereocenters. The molecule has 0 atom stereocenters. The first-order valence-electron chi connectivity index (χ1n) is 6.74. The minimum Gasteiger partial charge on any atom is -0.483 e. The minimum atomic E-state index is -3.32. The topological polar surface area (TPSA) is 72.5 Å². The highest BCUT2D eigenvalue weighted by Gasteiger charge is 2.10. The third-order valence-corrected chi connectivity index (χ3v) is 4.39. The van der Waals surface area contributed by atoms with Crippen molar-refractivity contribution in [3.8, 4) is 5.75 Å². The molecule has 23 heavy (non-hydrogen) atoms. The molecule has 0 fully saturated rings. The Kier molecular flexibility index (Phi) is 5.28. The number of aryl methyl sites for hydroxylation is 1. The Morgan fingerprint density at radius 2 is 1.96 bits per heavy atom. The lowest BCUT2D eigenvalue weighted by molar-refractivity contribution is -0.118. The summed E-state index contributed by atoms with van der Waals surface area (Å²) < 4.78 is 28.4. The quantitative estimate of drug-likeness (QED) is 0.896. The molecule has 0 radical (unpaired) electrons. The molecule has 0 aliphatic heterocycles. The molecule has 0 saturated heterocycles. The number of hydrogen-bond donors (Lipinski definition) is 1. The lowest BCUT2D eigenvalue weighted by Gasteiger charge is -2.10. The van der Waals surface area contributed by atoms with Crippen molar-refractivity contribution in [3.63, 3.8) is 0 Å². The van der Waals surface area contributed by atoms with Crippen LogP contribution in [0.25, 0.3) is 0 Å². The minimum absolute atomic E-state index is 0.143. The summed E-state index contributed by atoms with van der Waals surface area (Å²) in [5, 5.41) is 3.20. The van der Waals surface area contributed by atoms with Crippen LogP contribution in [0.3, 0.4) is 0 Å². The van der Waals surface area contributed by atoms with E-state index in [4.69, 9.17) is 16.3 Å². The fraction of sp³-hybridized carbons (Fsp3) is 0.188. The van der Waals surface area contributed by atoms with Gasteiger partial charge in [-0.2, -0.15) is 0 Å². The number of benzene rings is 2. The molecular formula is C16H16ClNO4S. The van der Waals surface area contributed by atoms with Gasteiger partial charge in [0.05, 0.1) is 4.90 Å². The zero-order valence-electron chi connectivity index (χ0n) is 12.7. The molecule has 0 saturated carbocycles. The van der Waals surface area contributed by atoms with E-state index < -0.39 is 9.84 Å². The molecule has 0 heterocycles. The normalized spacial score (nSPS) is 11.1. The molecular weight excluding hydrogens is 338 g/mol. The molecule has 7 heteroatoms. The number of anilines is 1. The van der Waals surface area contributed by atoms with Crippen molar-refractivity contribution in [1.82, 2.24) is 0 Å². The summed E-state index contributed by atoms with van der Waals surface area (Å²) in [6, 6.07) is 11.2. The predicted octanol–water partition coefficient (Wildman–Crippen LogP) is 3.07. The second-order valence-corrected chi connectivity index (χ2v) is 7.50. The SMILES string of the molecule is Cc1cc(Cl)ccc1OCC(=O)Nc1cccc(S(C)(=O)=O)c1. The van der Waals surface area contributed by atoms with Crippen LogP contribution in [-0.4, -0.2) is 27.2 Å². The Morgan fingerprint density at radius 1 is 1.22 bits per heavy atom. The first-order valence-corrected chi connectivity index (χ1v) is 9.01. The summed E-state index contributed by atoms with van der Waals surface area (Å²) in [5.74, 6) is 0.180. The zero-order valence-corrected chi connectivity index (χ0v) is 14.2. The molecule has 0 spiro atoms. The summed E-state index contributed by atoms with van der Waals surface area (Å²) in [5.41, 5.74) is 1.22. The van der Waals surface area contributed by atoms with Crippen molar-refractivity contribution >= 4 is 33.0 Å². The molecule has 1 amide bonds. The van der Waals surface area contributed by atoms with Crippen molar-refractivity contribution in [2.24, 2.45) is 0 Å². The smallest absolute Gasteiger partial charge is 0.262 e. The van der Waals surface area contributed by atoms with Crippen molar-refractivity contribution < 1.29 is 17.9 Å². The van der Waals surface area contributed by atoms with Gasteiger partial charge in [0, 0.05) is 17.0 Å². The van der Waals surface area contributed by atoms with Gasteiger partial charge in [-0.3, -0.25) is 4.79 Å². The van der Waals surface area contributed by atoms with Gasteiger partial charge in [0.15, 0.2) is 16.4 Å². The Morgan fingerprint density at radius 3 is 2.61 bits per heavy atom. The Bertz CT molecular complexity index is 834. The molecule has 0 aromatic heterocycles. The lowest BCUT2D eigenvalue weighted by Crippen LogP contribution is -2.20. The number of carbonyl (C=O) groups is 1. The standard InChI is InChI=1S/C16H16ClNO4S/c1-11-8-12(17)6-7-15(11)22-10-16(19)18-13-4-3-5-14(9-13)23(2,20)21/h3-9H,10H2,1-2H3,(H,18,19). The fourth-order valence-corrected chi connectivity index (χ4v) is 2.81. The van der Waals surface area contributed by atoms with Crippen LogP contribution < -0.4 is 10.1 Å². The Labute approximate surface area is 140 Å². The van der Waals surface area contributed by atoms with Crippen LogP contribution in [-0.2, 0) is 14.6 Å². The molecule has 0 aliphatic rings. The summed E-state index contributed by atoms with van der Waals surface area (Å²) in [7, 11) is -3.32. The van der Waals surface area contributed by atoms with Crippen molar-refractivity contribution in [3.05, 3.63) is 53.1 Å². The fourth-order valence-electron chi connectivity index (χ4n) is 1.92. The lowest BCUT2D eigenvalue weighted by atomic mass is 10.2. The van der Waals surface area contributed by atoms with Gasteiger partial charge in [0.2, 0.25) is 0 Å². The maximum absolute atomic E-state index is 11.9. The number of amides is 1. The molecule has 0 bridgehead atoms. The summed E-state index contributed by atoms with van der Waals surface area (Å²) in [6.45, 7) is 1.64. The van der Waals surface area contributed by atoms with Gasteiger partial charge in [-0.05, 0) is 48.9 Å². The molecule has 0 aliphatic carbocycles. The second kappa shape index (κ2) is 7.02. The molecule has 2 rings (SSSR count). The number of carbonyl (C=O) groups excluding carboxylic acids is 1. The maximum atomic E-state index is 11.9. The van der Waals surface area contributed by atoms with Crippen LogP contribution >= 0.6 is 11.6 Å². The van der Waals surface area contributed by atoms with Gasteiger partial charge in [-0.1, -0.05) is 17.7 Å². The van der Waals surface area contributed by atoms with E-state index >= 15 is 0 Å². The van der Waals surface area contributed by atoms with Gasteiger partial charge in [-0.25, -0.2) is 8.42 Å². The van der Waals surface area contributed by atoms with Crippen LogP contribution in [0.2, 0.25) is 5.02 Å². The van der Waals surface area contributed by atoms with Crippen LogP contribution in [0.15, 0.2) is 47.4 Å². The van der Waals surface area contributed by atoms with E-state index in [0.717, 1.165) is 11.8 Å².